The van der Waals surface area contributed by atoms with Crippen LogP contribution < -0.4 is 4.74 Å². The number of aryl methyl sites for hydroxylation is 1. The fourth-order valence-electron chi connectivity index (χ4n) is 1.69. The van der Waals surface area contributed by atoms with Crippen LogP contribution in [0.1, 0.15) is 5.82 Å². The minimum atomic E-state index is -4.46. The van der Waals surface area contributed by atoms with Crippen molar-refractivity contribution in [2.24, 2.45) is 7.05 Å². The van der Waals surface area contributed by atoms with E-state index in [2.05, 4.69) is 20.9 Å². The van der Waals surface area contributed by atoms with E-state index in [9.17, 15) is 13.2 Å². The standard InChI is InChI=1S/C12H10BrF3N2O/c1-18-6-9(17-11(18)12(14,15)16)7-3-4-10(19-2)8(13)5-7/h3-6H,1-2H3. The molecule has 7 heteroatoms. The maximum absolute atomic E-state index is 12.7. The number of hydrogen-bond donors (Lipinski definition) is 0. The number of ether oxygens (including phenoxy) is 1. The molecule has 0 fully saturated rings. The Labute approximate surface area is 116 Å². The third-order valence-electron chi connectivity index (χ3n) is 2.58. The highest BCUT2D eigenvalue weighted by Crippen LogP contribution is 2.33. The Hall–Kier alpha value is -1.50. The van der Waals surface area contributed by atoms with Crippen molar-refractivity contribution >= 4 is 15.9 Å². The Bertz CT molecular complexity index is 608. The van der Waals surface area contributed by atoms with Gasteiger partial charge in [0.15, 0.2) is 0 Å². The smallest absolute Gasteiger partial charge is 0.449 e. The Morgan fingerprint density at radius 1 is 1.32 bits per heavy atom. The fraction of sp³-hybridized carbons (Fsp3) is 0.250. The monoisotopic (exact) mass is 334 g/mol. The molecule has 3 nitrogen and oxygen atoms in total. The van der Waals surface area contributed by atoms with Gasteiger partial charge in [0.05, 0.1) is 17.3 Å². The lowest BCUT2D eigenvalue weighted by atomic mass is 10.1. The summed E-state index contributed by atoms with van der Waals surface area (Å²) in [4.78, 5) is 3.62. The van der Waals surface area contributed by atoms with Gasteiger partial charge in [-0.15, -0.1) is 0 Å². The number of rotatable bonds is 2. The van der Waals surface area contributed by atoms with Crippen LogP contribution in [0.4, 0.5) is 13.2 Å². The summed E-state index contributed by atoms with van der Waals surface area (Å²) >= 11 is 3.29. The average Bonchev–Trinajstić information content (AvgIpc) is 2.71. The van der Waals surface area contributed by atoms with Crippen LogP contribution in [0.5, 0.6) is 5.75 Å². The summed E-state index contributed by atoms with van der Waals surface area (Å²) in [6.45, 7) is 0. The zero-order valence-electron chi connectivity index (χ0n) is 10.1. The topological polar surface area (TPSA) is 27.1 Å². The van der Waals surface area contributed by atoms with Crippen LogP contribution in [0.15, 0.2) is 28.9 Å². The second-order valence-electron chi connectivity index (χ2n) is 3.91. The number of nitrogens with zero attached hydrogens (tertiary/aromatic N) is 2. The van der Waals surface area contributed by atoms with E-state index in [1.807, 2.05) is 0 Å². The minimum Gasteiger partial charge on any atom is -0.496 e. The van der Waals surface area contributed by atoms with E-state index in [1.165, 1.54) is 20.4 Å². The van der Waals surface area contributed by atoms with Crippen molar-refractivity contribution in [2.75, 3.05) is 7.11 Å². The maximum atomic E-state index is 12.7. The van der Waals surface area contributed by atoms with Crippen molar-refractivity contribution in [1.29, 1.82) is 0 Å². The first-order valence-corrected chi connectivity index (χ1v) is 6.06. The first kappa shape index (κ1) is 13.9. The molecule has 0 saturated heterocycles. The highest BCUT2D eigenvalue weighted by atomic mass is 79.9. The van der Waals surface area contributed by atoms with Gasteiger partial charge in [-0.3, -0.25) is 0 Å². The summed E-state index contributed by atoms with van der Waals surface area (Å²) in [5.41, 5.74) is 0.844. The van der Waals surface area contributed by atoms with Gasteiger partial charge in [0.25, 0.3) is 0 Å². The van der Waals surface area contributed by atoms with Gasteiger partial charge < -0.3 is 9.30 Å². The van der Waals surface area contributed by atoms with Gasteiger partial charge in [-0.05, 0) is 34.1 Å². The lowest BCUT2D eigenvalue weighted by Crippen LogP contribution is -2.12. The quantitative estimate of drug-likeness (QED) is 0.833. The predicted octanol–water partition coefficient (Wildman–Crippen LogP) is 3.88. The van der Waals surface area contributed by atoms with Crippen LogP contribution in [0, 0.1) is 0 Å². The van der Waals surface area contributed by atoms with Crippen molar-refractivity contribution in [1.82, 2.24) is 9.55 Å². The van der Waals surface area contributed by atoms with Gasteiger partial charge in [-0.1, -0.05) is 0 Å². The molecule has 1 heterocycles. The van der Waals surface area contributed by atoms with Gasteiger partial charge in [-0.25, -0.2) is 4.98 Å². The van der Waals surface area contributed by atoms with Crippen LogP contribution in [-0.2, 0) is 13.2 Å². The summed E-state index contributed by atoms with van der Waals surface area (Å²) in [6, 6.07) is 4.99. The molecule has 19 heavy (non-hydrogen) atoms. The van der Waals surface area contributed by atoms with Crippen molar-refractivity contribution in [3.05, 3.63) is 34.7 Å². The predicted molar refractivity (Wildman–Crippen MR) is 67.9 cm³/mol. The SMILES string of the molecule is COc1ccc(-c2cn(C)c(C(F)(F)F)n2)cc1Br. The molecule has 0 N–H and O–H groups in total. The largest absolute Gasteiger partial charge is 0.496 e. The molecule has 0 saturated carbocycles. The first-order chi connectivity index (χ1) is 8.82. The molecule has 0 unspecified atom stereocenters. The third kappa shape index (κ3) is 2.75. The van der Waals surface area contributed by atoms with E-state index in [0.717, 1.165) is 4.57 Å². The molecule has 1 aromatic carbocycles. The molecule has 1 aromatic heterocycles. The Balaban J connectivity index is 2.46. The summed E-state index contributed by atoms with van der Waals surface area (Å²) in [6.07, 6.45) is -3.12. The van der Waals surface area contributed by atoms with E-state index >= 15 is 0 Å². The number of hydrogen-bond acceptors (Lipinski definition) is 2. The molecule has 0 amide bonds. The zero-order chi connectivity index (χ0) is 14.2. The summed E-state index contributed by atoms with van der Waals surface area (Å²) in [7, 11) is 2.83. The van der Waals surface area contributed by atoms with Crippen molar-refractivity contribution in [3.8, 4) is 17.0 Å². The number of benzene rings is 1. The highest BCUT2D eigenvalue weighted by Gasteiger charge is 2.36. The van der Waals surface area contributed by atoms with Gasteiger partial charge in [0.2, 0.25) is 5.82 Å². The summed E-state index contributed by atoms with van der Waals surface area (Å²) < 4.78 is 44.7. The average molecular weight is 335 g/mol. The molecule has 0 aliphatic heterocycles. The molecule has 102 valence electrons. The van der Waals surface area contributed by atoms with Crippen molar-refractivity contribution < 1.29 is 17.9 Å². The molecule has 0 aliphatic rings. The summed E-state index contributed by atoms with van der Waals surface area (Å²) in [5, 5.41) is 0. The van der Waals surface area contributed by atoms with E-state index in [-0.39, 0.29) is 5.69 Å². The van der Waals surface area contributed by atoms with Crippen LogP contribution in [0.3, 0.4) is 0 Å². The van der Waals surface area contributed by atoms with Crippen LogP contribution in [0.25, 0.3) is 11.3 Å². The molecule has 0 aliphatic carbocycles. The minimum absolute atomic E-state index is 0.262. The zero-order valence-corrected chi connectivity index (χ0v) is 11.7. The van der Waals surface area contributed by atoms with Crippen LogP contribution in [-0.4, -0.2) is 16.7 Å². The number of aromatic nitrogens is 2. The Morgan fingerprint density at radius 2 is 2.00 bits per heavy atom. The van der Waals surface area contributed by atoms with Gasteiger partial charge in [0, 0.05) is 18.8 Å². The second kappa shape index (κ2) is 4.88. The van der Waals surface area contributed by atoms with E-state index in [1.54, 1.807) is 18.2 Å². The lowest BCUT2D eigenvalue weighted by molar-refractivity contribution is -0.146. The normalized spacial score (nSPS) is 11.7. The van der Waals surface area contributed by atoms with Gasteiger partial charge >= 0.3 is 6.18 Å². The highest BCUT2D eigenvalue weighted by molar-refractivity contribution is 9.10. The second-order valence-corrected chi connectivity index (χ2v) is 4.76. The number of imidazole rings is 1. The first-order valence-electron chi connectivity index (χ1n) is 5.27. The van der Waals surface area contributed by atoms with Crippen molar-refractivity contribution in [2.45, 2.75) is 6.18 Å². The molecule has 0 atom stereocenters. The molecule has 2 aromatic rings. The van der Waals surface area contributed by atoms with Gasteiger partial charge in [0.1, 0.15) is 5.75 Å². The Morgan fingerprint density at radius 3 is 2.47 bits per heavy atom. The number of halogens is 4. The molecule has 0 bridgehead atoms. The molecule has 0 radical (unpaired) electrons. The van der Waals surface area contributed by atoms with Crippen LogP contribution in [0.2, 0.25) is 0 Å². The van der Waals surface area contributed by atoms with Crippen molar-refractivity contribution in [3.63, 3.8) is 0 Å². The van der Waals surface area contributed by atoms with Gasteiger partial charge in [-0.2, -0.15) is 13.2 Å². The Kier molecular flexibility index (Phi) is 3.58. The number of methoxy groups -OCH3 is 1. The summed E-state index contributed by atoms with van der Waals surface area (Å²) in [5.74, 6) is -0.315. The molecular weight excluding hydrogens is 325 g/mol. The molecule has 0 spiro atoms. The third-order valence-corrected chi connectivity index (χ3v) is 3.20. The molecule has 2 rings (SSSR count). The fourth-order valence-corrected chi connectivity index (χ4v) is 2.24. The number of alkyl halides is 3. The lowest BCUT2D eigenvalue weighted by Gasteiger charge is -2.04. The van der Waals surface area contributed by atoms with E-state index in [4.69, 9.17) is 4.74 Å². The van der Waals surface area contributed by atoms with E-state index in [0.29, 0.717) is 15.8 Å². The van der Waals surface area contributed by atoms with E-state index < -0.39 is 12.0 Å². The molecular formula is C12H10BrF3N2O. The maximum Gasteiger partial charge on any atom is 0.449 e. The van der Waals surface area contributed by atoms with Crippen LogP contribution >= 0.6 is 15.9 Å².